The van der Waals surface area contributed by atoms with E-state index in [1.165, 1.54) is 19.3 Å². The molecule has 0 fully saturated rings. The van der Waals surface area contributed by atoms with Crippen LogP contribution in [0.25, 0.3) is 0 Å². The lowest BCUT2D eigenvalue weighted by Crippen LogP contribution is -2.29. The molecule has 0 saturated carbocycles. The first-order valence-corrected chi connectivity index (χ1v) is 11.4. The highest BCUT2D eigenvalue weighted by Crippen LogP contribution is 2.37. The van der Waals surface area contributed by atoms with Gasteiger partial charge in [-0.25, -0.2) is 9.48 Å². The van der Waals surface area contributed by atoms with Gasteiger partial charge in [-0.3, -0.25) is 0 Å². The smallest absolute Gasteiger partial charge is 0.338 e. The molecule has 1 aliphatic heterocycles. The Morgan fingerprint density at radius 3 is 2.69 bits per heavy atom. The number of fused-ring (bicyclic) bond motifs is 1. The second-order valence-electron chi connectivity index (χ2n) is 6.91. The molecule has 2 aromatic rings. The van der Waals surface area contributed by atoms with Crippen LogP contribution in [0.15, 0.2) is 40.7 Å². The van der Waals surface area contributed by atoms with Crippen LogP contribution in [-0.4, -0.2) is 33.1 Å². The second kappa shape index (κ2) is 10.2. The first-order valence-electron chi connectivity index (χ1n) is 10.0. The van der Waals surface area contributed by atoms with Crippen LogP contribution in [0.1, 0.15) is 58.1 Å². The molecule has 0 saturated heterocycles. The zero-order valence-electron chi connectivity index (χ0n) is 17.1. The predicted molar refractivity (Wildman–Crippen MR) is 117 cm³/mol. The van der Waals surface area contributed by atoms with Crippen molar-refractivity contribution in [3.05, 3.63) is 46.1 Å². The molecule has 0 spiro atoms. The molecule has 1 aromatic carbocycles. The van der Waals surface area contributed by atoms with E-state index in [0.717, 1.165) is 23.4 Å². The Morgan fingerprint density at radius 1 is 1.24 bits per heavy atom. The number of carbonyl (C=O) groups excluding carboxylic acids is 1. The molecule has 1 aliphatic rings. The van der Waals surface area contributed by atoms with Gasteiger partial charge in [0.2, 0.25) is 11.1 Å². The van der Waals surface area contributed by atoms with Crippen molar-refractivity contribution in [2.75, 3.05) is 17.7 Å². The Bertz CT molecular complexity index is 879. The molecule has 0 aliphatic carbocycles. The van der Waals surface area contributed by atoms with Crippen molar-refractivity contribution in [3.8, 4) is 0 Å². The molecule has 1 aromatic heterocycles. The maximum absolute atomic E-state index is 12.7. The number of benzene rings is 1. The summed E-state index contributed by atoms with van der Waals surface area (Å²) in [6.07, 6.45) is 4.83. The number of rotatable bonds is 9. The van der Waals surface area contributed by atoms with Gasteiger partial charge in [0.05, 0.1) is 12.2 Å². The molecule has 156 valence electrons. The molecule has 0 unspecified atom stereocenters. The highest BCUT2D eigenvalue weighted by atomic mass is 35.5. The molecular weight excluding hydrogens is 408 g/mol. The molecule has 2 heterocycles. The Balaban J connectivity index is 1.91. The number of allylic oxidation sites excluding steroid dienone is 1. The van der Waals surface area contributed by atoms with E-state index in [4.69, 9.17) is 21.4 Å². The number of thioether (sulfide) groups is 1. The summed E-state index contributed by atoms with van der Waals surface area (Å²) in [5.41, 5.74) is 2.16. The van der Waals surface area contributed by atoms with Crippen molar-refractivity contribution in [3.63, 3.8) is 0 Å². The number of halogens is 1. The zero-order chi connectivity index (χ0) is 20.8. The molecule has 3 rings (SSSR count). The van der Waals surface area contributed by atoms with Gasteiger partial charge in [0.15, 0.2) is 0 Å². The summed E-state index contributed by atoms with van der Waals surface area (Å²) in [7, 11) is 0. The highest BCUT2D eigenvalue weighted by Gasteiger charge is 2.35. The van der Waals surface area contributed by atoms with Gasteiger partial charge < -0.3 is 10.1 Å². The number of nitrogens with zero attached hydrogens (tertiary/aromatic N) is 3. The van der Waals surface area contributed by atoms with Crippen LogP contribution in [0, 0.1) is 0 Å². The number of anilines is 1. The van der Waals surface area contributed by atoms with Gasteiger partial charge in [-0.1, -0.05) is 61.7 Å². The largest absolute Gasteiger partial charge is 0.463 e. The number of hydrogen-bond acceptors (Lipinski definition) is 6. The van der Waals surface area contributed by atoms with Crippen molar-refractivity contribution in [2.24, 2.45) is 0 Å². The number of nitrogens with one attached hydrogen (secondary N) is 1. The van der Waals surface area contributed by atoms with Crippen molar-refractivity contribution in [1.29, 1.82) is 0 Å². The normalized spacial score (nSPS) is 15.8. The quantitative estimate of drug-likeness (QED) is 0.321. The lowest BCUT2D eigenvalue weighted by atomic mass is 9.96. The average molecular weight is 435 g/mol. The topological polar surface area (TPSA) is 69.0 Å². The van der Waals surface area contributed by atoms with Crippen LogP contribution in [0.3, 0.4) is 0 Å². The summed E-state index contributed by atoms with van der Waals surface area (Å²) in [6.45, 7) is 6.18. The predicted octanol–water partition coefficient (Wildman–Crippen LogP) is 5.46. The van der Waals surface area contributed by atoms with Gasteiger partial charge in [-0.15, -0.1) is 5.10 Å². The maximum Gasteiger partial charge on any atom is 0.338 e. The number of unbranched alkanes of at least 4 members (excludes halogenated alkanes) is 3. The van der Waals surface area contributed by atoms with E-state index in [9.17, 15) is 4.79 Å². The lowest BCUT2D eigenvalue weighted by molar-refractivity contribution is -0.139. The molecule has 1 atom stereocenters. The van der Waals surface area contributed by atoms with Crippen LogP contribution < -0.4 is 5.32 Å². The first-order chi connectivity index (χ1) is 14.0. The van der Waals surface area contributed by atoms with E-state index in [1.54, 1.807) is 23.4 Å². The first kappa shape index (κ1) is 21.7. The fourth-order valence-corrected chi connectivity index (χ4v) is 4.27. The van der Waals surface area contributed by atoms with Crippen molar-refractivity contribution < 1.29 is 9.53 Å². The van der Waals surface area contributed by atoms with Crippen molar-refractivity contribution in [1.82, 2.24) is 14.8 Å². The fraction of sp³-hybridized carbons (Fsp3) is 0.476. The van der Waals surface area contributed by atoms with Gasteiger partial charge in [0, 0.05) is 16.5 Å². The third-order valence-corrected chi connectivity index (χ3v) is 5.92. The van der Waals surface area contributed by atoms with E-state index < -0.39 is 6.04 Å². The van der Waals surface area contributed by atoms with E-state index >= 15 is 0 Å². The number of hydrogen-bond donors (Lipinski definition) is 1. The molecule has 8 heteroatoms. The minimum absolute atomic E-state index is 0.312. The number of esters is 1. The summed E-state index contributed by atoms with van der Waals surface area (Å²) >= 11 is 7.72. The summed E-state index contributed by atoms with van der Waals surface area (Å²) in [6, 6.07) is 7.04. The van der Waals surface area contributed by atoms with Crippen LogP contribution in [0.4, 0.5) is 5.95 Å². The minimum atomic E-state index is -0.412. The van der Waals surface area contributed by atoms with Crippen LogP contribution >= 0.6 is 23.4 Å². The molecule has 0 amide bonds. The average Bonchev–Trinajstić information content (AvgIpc) is 3.10. The van der Waals surface area contributed by atoms with Crippen LogP contribution in [0.2, 0.25) is 5.02 Å². The minimum Gasteiger partial charge on any atom is -0.463 e. The number of ether oxygens (including phenoxy) is 1. The maximum atomic E-state index is 12.7. The van der Waals surface area contributed by atoms with Gasteiger partial charge >= 0.3 is 5.97 Å². The zero-order valence-corrected chi connectivity index (χ0v) is 18.6. The summed E-state index contributed by atoms with van der Waals surface area (Å²) in [5, 5.41) is 9.28. The third kappa shape index (κ3) is 5.14. The summed E-state index contributed by atoms with van der Waals surface area (Å²) in [5.74, 6) is 1.26. The van der Waals surface area contributed by atoms with E-state index in [-0.39, 0.29) is 5.97 Å². The number of carbonyl (C=O) groups is 1. The molecule has 1 N–H and O–H groups in total. The summed E-state index contributed by atoms with van der Waals surface area (Å²) in [4.78, 5) is 17.4. The Kier molecular flexibility index (Phi) is 7.61. The summed E-state index contributed by atoms with van der Waals surface area (Å²) < 4.78 is 7.10. The monoisotopic (exact) mass is 434 g/mol. The molecule has 0 radical (unpaired) electrons. The van der Waals surface area contributed by atoms with E-state index in [1.807, 2.05) is 31.2 Å². The van der Waals surface area contributed by atoms with Gasteiger partial charge in [-0.2, -0.15) is 4.98 Å². The van der Waals surface area contributed by atoms with Crippen molar-refractivity contribution >= 4 is 35.3 Å². The van der Waals surface area contributed by atoms with Gasteiger partial charge in [0.25, 0.3) is 0 Å². The third-order valence-electron chi connectivity index (χ3n) is 4.74. The van der Waals surface area contributed by atoms with Gasteiger partial charge in [-0.05, 0) is 38.0 Å². The Morgan fingerprint density at radius 2 is 2.00 bits per heavy atom. The fourth-order valence-electron chi connectivity index (χ4n) is 3.31. The highest BCUT2D eigenvalue weighted by molar-refractivity contribution is 7.99. The Labute approximate surface area is 181 Å². The second-order valence-corrected chi connectivity index (χ2v) is 8.41. The van der Waals surface area contributed by atoms with Gasteiger partial charge in [0.1, 0.15) is 6.04 Å². The Hall–Kier alpha value is -1.99. The molecule has 6 nitrogen and oxygen atoms in total. The lowest BCUT2D eigenvalue weighted by Gasteiger charge is -2.28. The van der Waals surface area contributed by atoms with E-state index in [2.05, 4.69) is 17.2 Å². The standard InChI is InChI=1S/C21H27ClN4O2S/c1-4-6-7-8-13-29-21-24-20-23-14(3)17(19(27)28-5-2)18(26(20)25-21)15-9-11-16(22)12-10-15/h9-12,18H,4-8,13H2,1-3H3,(H,23,24,25)/t18-/m1/s1. The van der Waals surface area contributed by atoms with Crippen LogP contribution in [-0.2, 0) is 9.53 Å². The molecule has 0 bridgehead atoms. The SMILES string of the molecule is CCCCCCSc1nc2n(n1)[C@H](c1ccc(Cl)cc1)C(C(=O)OCC)=C(C)N2. The van der Waals surface area contributed by atoms with Crippen molar-refractivity contribution in [2.45, 2.75) is 57.7 Å². The molecule has 29 heavy (non-hydrogen) atoms. The molecular formula is C21H27ClN4O2S. The van der Waals surface area contributed by atoms with E-state index in [0.29, 0.717) is 28.3 Å². The van der Waals surface area contributed by atoms with Crippen LogP contribution in [0.5, 0.6) is 0 Å². The number of aromatic nitrogens is 3.